The molecule has 0 aromatic rings. The number of hydrogen-bond acceptors (Lipinski definition) is 6. The van der Waals surface area contributed by atoms with Crippen molar-refractivity contribution in [2.45, 2.75) is 0 Å². The summed E-state index contributed by atoms with van der Waals surface area (Å²) in [5.41, 5.74) is 5.37. The summed E-state index contributed by atoms with van der Waals surface area (Å²) in [6.45, 7) is 6.63. The van der Waals surface area contributed by atoms with Gasteiger partial charge in [0.25, 0.3) is 0 Å². The molecule has 0 atom stereocenters. The first kappa shape index (κ1) is 15.8. The van der Waals surface area contributed by atoms with Gasteiger partial charge < -0.3 is 26.6 Å². The van der Waals surface area contributed by atoms with Crippen molar-refractivity contribution in [2.75, 3.05) is 65.6 Å². The van der Waals surface area contributed by atoms with E-state index in [1.165, 1.54) is 0 Å². The van der Waals surface area contributed by atoms with Crippen LogP contribution < -0.4 is 16.4 Å². The van der Waals surface area contributed by atoms with Gasteiger partial charge in [0.1, 0.15) is 0 Å². The van der Waals surface area contributed by atoms with Gasteiger partial charge in [-0.1, -0.05) is 0 Å². The van der Waals surface area contributed by atoms with Crippen molar-refractivity contribution in [2.24, 2.45) is 5.73 Å². The normalized spacial score (nSPS) is 11.2. The smallest absolute Gasteiger partial charge is 0.0558 e. The zero-order chi connectivity index (χ0) is 12.1. The summed E-state index contributed by atoms with van der Waals surface area (Å²) in [5, 5.41) is 23.8. The first-order valence-corrected chi connectivity index (χ1v) is 5.90. The van der Waals surface area contributed by atoms with E-state index in [0.717, 1.165) is 32.7 Å². The Balaban J connectivity index is 3.45. The minimum absolute atomic E-state index is 0.165. The molecule has 0 aliphatic carbocycles. The van der Waals surface area contributed by atoms with Gasteiger partial charge in [0.15, 0.2) is 0 Å². The second-order valence-corrected chi connectivity index (χ2v) is 3.58. The van der Waals surface area contributed by atoms with Crippen LogP contribution in [0.3, 0.4) is 0 Å². The summed E-state index contributed by atoms with van der Waals surface area (Å²) in [6, 6.07) is 0. The van der Waals surface area contributed by atoms with Gasteiger partial charge in [-0.15, -0.1) is 0 Å². The molecule has 0 aromatic heterocycles. The predicted molar refractivity (Wildman–Crippen MR) is 65.4 cm³/mol. The van der Waals surface area contributed by atoms with Gasteiger partial charge in [-0.2, -0.15) is 0 Å². The molecule has 0 radical (unpaired) electrons. The van der Waals surface area contributed by atoms with Crippen molar-refractivity contribution >= 4 is 0 Å². The monoisotopic (exact) mass is 234 g/mol. The molecule has 0 unspecified atom stereocenters. The molecule has 98 valence electrons. The number of nitrogens with one attached hydrogen (secondary N) is 2. The average molecular weight is 234 g/mol. The molecule has 16 heavy (non-hydrogen) atoms. The van der Waals surface area contributed by atoms with Gasteiger partial charge in [-0.3, -0.25) is 4.90 Å². The van der Waals surface area contributed by atoms with E-state index in [-0.39, 0.29) is 13.2 Å². The van der Waals surface area contributed by atoms with Crippen LogP contribution >= 0.6 is 0 Å². The Morgan fingerprint density at radius 2 is 1.44 bits per heavy atom. The first-order chi connectivity index (χ1) is 7.85. The van der Waals surface area contributed by atoms with Crippen molar-refractivity contribution in [3.05, 3.63) is 0 Å². The topological polar surface area (TPSA) is 93.8 Å². The number of rotatable bonds is 12. The third-order valence-electron chi connectivity index (χ3n) is 2.24. The van der Waals surface area contributed by atoms with Crippen LogP contribution in [0, 0.1) is 0 Å². The standard InChI is InChI=1S/C10H26N4O2/c11-1-2-12-3-6-14(8-10-16)7-4-13-5-9-15/h12-13,15-16H,1-11H2. The van der Waals surface area contributed by atoms with E-state index in [4.69, 9.17) is 15.9 Å². The molecule has 0 saturated carbocycles. The molecule has 0 aromatic carbocycles. The molecule has 0 rings (SSSR count). The highest BCUT2D eigenvalue weighted by molar-refractivity contribution is 4.61. The minimum atomic E-state index is 0.165. The summed E-state index contributed by atoms with van der Waals surface area (Å²) >= 11 is 0. The fraction of sp³-hybridized carbons (Fsp3) is 1.00. The van der Waals surface area contributed by atoms with Crippen LogP contribution in [0.2, 0.25) is 0 Å². The van der Waals surface area contributed by atoms with Crippen molar-refractivity contribution in [3.8, 4) is 0 Å². The minimum Gasteiger partial charge on any atom is -0.395 e. The van der Waals surface area contributed by atoms with Crippen LogP contribution in [-0.4, -0.2) is 80.7 Å². The van der Waals surface area contributed by atoms with Gasteiger partial charge in [0.2, 0.25) is 0 Å². The Hall–Kier alpha value is -0.240. The van der Waals surface area contributed by atoms with Gasteiger partial charge in [0.05, 0.1) is 13.2 Å². The number of nitrogens with two attached hydrogens (primary N) is 1. The van der Waals surface area contributed by atoms with E-state index in [1.807, 2.05) is 0 Å². The zero-order valence-electron chi connectivity index (χ0n) is 9.99. The molecule has 0 spiro atoms. The maximum atomic E-state index is 8.90. The van der Waals surface area contributed by atoms with Crippen molar-refractivity contribution in [1.82, 2.24) is 15.5 Å². The maximum absolute atomic E-state index is 8.90. The van der Waals surface area contributed by atoms with E-state index >= 15 is 0 Å². The van der Waals surface area contributed by atoms with Gasteiger partial charge in [0, 0.05) is 52.4 Å². The van der Waals surface area contributed by atoms with Gasteiger partial charge in [-0.05, 0) is 0 Å². The predicted octanol–water partition coefficient (Wildman–Crippen LogP) is -2.59. The van der Waals surface area contributed by atoms with Crippen LogP contribution in [0.25, 0.3) is 0 Å². The average Bonchev–Trinajstić information content (AvgIpc) is 2.30. The third-order valence-corrected chi connectivity index (χ3v) is 2.24. The molecule has 0 amide bonds. The molecule has 0 saturated heterocycles. The largest absolute Gasteiger partial charge is 0.395 e. The SMILES string of the molecule is NCCNCCN(CCO)CCNCCO. The van der Waals surface area contributed by atoms with E-state index in [1.54, 1.807) is 0 Å². The number of aliphatic hydroxyl groups excluding tert-OH is 2. The second kappa shape index (κ2) is 12.8. The highest BCUT2D eigenvalue weighted by atomic mass is 16.3. The first-order valence-electron chi connectivity index (χ1n) is 5.90. The van der Waals surface area contributed by atoms with Crippen molar-refractivity contribution in [1.29, 1.82) is 0 Å². The fourth-order valence-corrected chi connectivity index (χ4v) is 1.38. The molecule has 0 heterocycles. The molecule has 0 fully saturated rings. The molecule has 0 aliphatic heterocycles. The molecule has 6 N–H and O–H groups in total. The van der Waals surface area contributed by atoms with Crippen molar-refractivity contribution < 1.29 is 10.2 Å². The Kier molecular flexibility index (Phi) is 12.6. The van der Waals surface area contributed by atoms with Crippen molar-refractivity contribution in [3.63, 3.8) is 0 Å². The van der Waals surface area contributed by atoms with E-state index < -0.39 is 0 Å². The van der Waals surface area contributed by atoms with Gasteiger partial charge in [-0.25, -0.2) is 0 Å². The summed E-state index contributed by atoms with van der Waals surface area (Å²) in [5.74, 6) is 0. The highest BCUT2D eigenvalue weighted by Gasteiger charge is 2.02. The lowest BCUT2D eigenvalue weighted by Crippen LogP contribution is -2.39. The molecule has 6 heteroatoms. The van der Waals surface area contributed by atoms with Crippen LogP contribution in [-0.2, 0) is 0 Å². The van der Waals surface area contributed by atoms with Crippen LogP contribution in [0.1, 0.15) is 0 Å². The highest BCUT2D eigenvalue weighted by Crippen LogP contribution is 1.85. The Morgan fingerprint density at radius 3 is 1.94 bits per heavy atom. The summed E-state index contributed by atoms with van der Waals surface area (Å²) in [6.07, 6.45) is 0. The van der Waals surface area contributed by atoms with Crippen LogP contribution in [0.15, 0.2) is 0 Å². The molecule has 0 aliphatic rings. The Morgan fingerprint density at radius 1 is 0.812 bits per heavy atom. The van der Waals surface area contributed by atoms with Crippen LogP contribution in [0.4, 0.5) is 0 Å². The lowest BCUT2D eigenvalue weighted by molar-refractivity contribution is 0.195. The zero-order valence-corrected chi connectivity index (χ0v) is 9.99. The summed E-state index contributed by atoms with van der Waals surface area (Å²) < 4.78 is 0. The number of aliphatic hydroxyl groups is 2. The molecule has 6 nitrogen and oxygen atoms in total. The summed E-state index contributed by atoms with van der Waals surface area (Å²) in [7, 11) is 0. The van der Waals surface area contributed by atoms with E-state index in [9.17, 15) is 0 Å². The lowest BCUT2D eigenvalue weighted by atomic mass is 10.4. The number of nitrogens with zero attached hydrogens (tertiary/aromatic N) is 1. The Bertz CT molecular complexity index is 126. The fourth-order valence-electron chi connectivity index (χ4n) is 1.38. The van der Waals surface area contributed by atoms with Gasteiger partial charge >= 0.3 is 0 Å². The third kappa shape index (κ3) is 10.3. The quantitative estimate of drug-likeness (QED) is 0.238. The molecule has 0 bridgehead atoms. The van der Waals surface area contributed by atoms with E-state index in [0.29, 0.717) is 19.6 Å². The van der Waals surface area contributed by atoms with E-state index in [2.05, 4.69) is 15.5 Å². The number of hydrogen-bond donors (Lipinski definition) is 5. The Labute approximate surface area is 97.8 Å². The maximum Gasteiger partial charge on any atom is 0.0558 e. The second-order valence-electron chi connectivity index (χ2n) is 3.58. The van der Waals surface area contributed by atoms with Crippen LogP contribution in [0.5, 0.6) is 0 Å². The molecular formula is C10H26N4O2. The molecular weight excluding hydrogens is 208 g/mol. The summed E-state index contributed by atoms with van der Waals surface area (Å²) in [4.78, 5) is 2.17. The lowest BCUT2D eigenvalue weighted by Gasteiger charge is -2.21.